The summed E-state index contributed by atoms with van der Waals surface area (Å²) < 4.78 is 6.98. The zero-order valence-electron chi connectivity index (χ0n) is 15.4. The molecular weight excluding hydrogens is 332 g/mol. The molecule has 8 nitrogen and oxygen atoms in total. The lowest BCUT2D eigenvalue weighted by atomic mass is 10.1. The summed E-state index contributed by atoms with van der Waals surface area (Å²) in [5.41, 5.74) is 3.78. The highest BCUT2D eigenvalue weighted by Crippen LogP contribution is 2.17. The number of hydrogen-bond donors (Lipinski definition) is 1. The minimum Gasteiger partial charge on any atom is -0.343 e. The quantitative estimate of drug-likeness (QED) is 0.730. The third-order valence-electron chi connectivity index (χ3n) is 4.26. The molecule has 0 saturated carbocycles. The zero-order valence-corrected chi connectivity index (χ0v) is 15.4. The van der Waals surface area contributed by atoms with Crippen molar-refractivity contribution in [2.24, 2.45) is 0 Å². The van der Waals surface area contributed by atoms with E-state index < -0.39 is 6.04 Å². The van der Waals surface area contributed by atoms with E-state index in [-0.39, 0.29) is 12.5 Å². The molecule has 0 saturated heterocycles. The SMILES string of the molecule is CCc1c(C)nn(CC(=O)N[C@@H](C)c2nc(-c3ccccn3)no2)c1C. The van der Waals surface area contributed by atoms with Crippen LogP contribution < -0.4 is 5.32 Å². The van der Waals surface area contributed by atoms with E-state index in [0.717, 1.165) is 17.8 Å². The molecule has 3 aromatic rings. The van der Waals surface area contributed by atoms with Gasteiger partial charge in [-0.15, -0.1) is 0 Å². The third-order valence-corrected chi connectivity index (χ3v) is 4.26. The zero-order chi connectivity index (χ0) is 18.7. The van der Waals surface area contributed by atoms with Gasteiger partial charge in [-0.1, -0.05) is 18.1 Å². The molecule has 0 aromatic carbocycles. The lowest BCUT2D eigenvalue weighted by Gasteiger charge is -2.10. The minimum atomic E-state index is -0.407. The summed E-state index contributed by atoms with van der Waals surface area (Å²) in [4.78, 5) is 20.9. The maximum atomic E-state index is 12.4. The molecule has 3 rings (SSSR count). The Balaban J connectivity index is 1.66. The highest BCUT2D eigenvalue weighted by molar-refractivity contribution is 5.76. The topological polar surface area (TPSA) is 98.7 Å². The van der Waals surface area contributed by atoms with Crippen LogP contribution in [0.25, 0.3) is 11.5 Å². The molecule has 26 heavy (non-hydrogen) atoms. The first-order valence-corrected chi connectivity index (χ1v) is 8.56. The number of rotatable bonds is 6. The number of amides is 1. The molecule has 0 radical (unpaired) electrons. The van der Waals surface area contributed by atoms with Gasteiger partial charge in [-0.3, -0.25) is 14.5 Å². The van der Waals surface area contributed by atoms with Crippen molar-refractivity contribution in [3.63, 3.8) is 0 Å². The van der Waals surface area contributed by atoms with E-state index in [1.165, 1.54) is 5.56 Å². The summed E-state index contributed by atoms with van der Waals surface area (Å²) in [6.07, 6.45) is 2.56. The van der Waals surface area contributed by atoms with Crippen LogP contribution in [-0.2, 0) is 17.8 Å². The van der Waals surface area contributed by atoms with E-state index in [9.17, 15) is 4.79 Å². The highest BCUT2D eigenvalue weighted by Gasteiger charge is 2.19. The van der Waals surface area contributed by atoms with Crippen LogP contribution >= 0.6 is 0 Å². The Hall–Kier alpha value is -3.03. The van der Waals surface area contributed by atoms with Crippen LogP contribution in [-0.4, -0.2) is 30.8 Å². The predicted molar refractivity (Wildman–Crippen MR) is 95.2 cm³/mol. The smallest absolute Gasteiger partial charge is 0.249 e. The van der Waals surface area contributed by atoms with Crippen LogP contribution in [0, 0.1) is 13.8 Å². The molecule has 136 valence electrons. The summed E-state index contributed by atoms with van der Waals surface area (Å²) >= 11 is 0. The van der Waals surface area contributed by atoms with Crippen LogP contribution in [0.3, 0.4) is 0 Å². The van der Waals surface area contributed by atoms with Gasteiger partial charge in [-0.2, -0.15) is 10.1 Å². The van der Waals surface area contributed by atoms with Crippen molar-refractivity contribution < 1.29 is 9.32 Å². The molecule has 0 aliphatic heterocycles. The Morgan fingerprint density at radius 2 is 2.15 bits per heavy atom. The fourth-order valence-electron chi connectivity index (χ4n) is 2.89. The molecule has 1 atom stereocenters. The number of nitrogens with zero attached hydrogens (tertiary/aromatic N) is 5. The van der Waals surface area contributed by atoms with Gasteiger partial charge in [0.25, 0.3) is 0 Å². The predicted octanol–water partition coefficient (Wildman–Crippen LogP) is 2.38. The van der Waals surface area contributed by atoms with Crippen molar-refractivity contribution in [3.8, 4) is 11.5 Å². The van der Waals surface area contributed by atoms with Gasteiger partial charge in [-0.25, -0.2) is 0 Å². The van der Waals surface area contributed by atoms with Crippen LogP contribution in [0.15, 0.2) is 28.9 Å². The number of nitrogens with one attached hydrogen (secondary N) is 1. The van der Waals surface area contributed by atoms with Gasteiger partial charge in [0, 0.05) is 11.9 Å². The largest absolute Gasteiger partial charge is 0.343 e. The van der Waals surface area contributed by atoms with E-state index >= 15 is 0 Å². The number of pyridine rings is 1. The third kappa shape index (κ3) is 3.63. The summed E-state index contributed by atoms with van der Waals surface area (Å²) in [6, 6.07) is 5.06. The van der Waals surface area contributed by atoms with Gasteiger partial charge < -0.3 is 9.84 Å². The Bertz CT molecular complexity index is 900. The van der Waals surface area contributed by atoms with E-state index in [0.29, 0.717) is 17.4 Å². The summed E-state index contributed by atoms with van der Waals surface area (Å²) in [5.74, 6) is 0.567. The van der Waals surface area contributed by atoms with Crippen LogP contribution in [0.1, 0.15) is 42.7 Å². The Kier molecular flexibility index (Phi) is 5.11. The van der Waals surface area contributed by atoms with Crippen molar-refractivity contribution in [2.75, 3.05) is 0 Å². The van der Waals surface area contributed by atoms with Crippen molar-refractivity contribution in [3.05, 3.63) is 47.2 Å². The molecule has 0 aliphatic carbocycles. The van der Waals surface area contributed by atoms with Crippen molar-refractivity contribution >= 4 is 5.91 Å². The Morgan fingerprint density at radius 3 is 2.81 bits per heavy atom. The first-order valence-electron chi connectivity index (χ1n) is 8.56. The van der Waals surface area contributed by atoms with Crippen LogP contribution in [0.5, 0.6) is 0 Å². The number of carbonyl (C=O) groups is 1. The normalized spacial score (nSPS) is 12.2. The van der Waals surface area contributed by atoms with E-state index in [2.05, 4.69) is 32.5 Å². The number of carbonyl (C=O) groups excluding carboxylic acids is 1. The molecule has 3 aromatic heterocycles. The maximum absolute atomic E-state index is 12.4. The molecule has 0 aliphatic rings. The fraction of sp³-hybridized carbons (Fsp3) is 0.389. The monoisotopic (exact) mass is 354 g/mol. The van der Waals surface area contributed by atoms with Gasteiger partial charge in [0.2, 0.25) is 17.6 Å². The average Bonchev–Trinajstić information content (AvgIpc) is 3.21. The molecule has 0 spiro atoms. The lowest BCUT2D eigenvalue weighted by molar-refractivity contribution is -0.122. The second-order valence-electron chi connectivity index (χ2n) is 6.12. The second kappa shape index (κ2) is 7.47. The molecule has 0 unspecified atom stereocenters. The highest BCUT2D eigenvalue weighted by atomic mass is 16.5. The van der Waals surface area contributed by atoms with Gasteiger partial charge in [0.05, 0.1) is 5.69 Å². The van der Waals surface area contributed by atoms with E-state index in [1.807, 2.05) is 26.0 Å². The molecule has 8 heteroatoms. The fourth-order valence-corrected chi connectivity index (χ4v) is 2.89. The van der Waals surface area contributed by atoms with Gasteiger partial charge in [0.15, 0.2) is 0 Å². The second-order valence-corrected chi connectivity index (χ2v) is 6.12. The Labute approximate surface area is 151 Å². The summed E-state index contributed by atoms with van der Waals surface area (Å²) in [5, 5.41) is 11.2. The minimum absolute atomic E-state index is 0.151. The molecule has 1 amide bonds. The standard InChI is InChI=1S/C18H22N6O2/c1-5-14-11(2)22-24(13(14)4)10-16(25)20-12(3)18-21-17(23-26-18)15-8-6-7-9-19-15/h6-9,12H,5,10H2,1-4H3,(H,20,25)/t12-/m0/s1. The van der Waals surface area contributed by atoms with Crippen LogP contribution in [0.2, 0.25) is 0 Å². The molecule has 0 fully saturated rings. The first-order chi connectivity index (χ1) is 12.5. The first kappa shape index (κ1) is 17.8. The van der Waals surface area contributed by atoms with E-state index in [4.69, 9.17) is 4.52 Å². The average molecular weight is 354 g/mol. The molecule has 3 heterocycles. The van der Waals surface area contributed by atoms with E-state index in [1.54, 1.807) is 23.9 Å². The van der Waals surface area contributed by atoms with Crippen LogP contribution in [0.4, 0.5) is 0 Å². The molecule has 1 N–H and O–H groups in total. The molecule has 0 bridgehead atoms. The summed E-state index contributed by atoms with van der Waals surface area (Å²) in [7, 11) is 0. The van der Waals surface area contributed by atoms with Crippen molar-refractivity contribution in [1.82, 2.24) is 30.2 Å². The number of hydrogen-bond acceptors (Lipinski definition) is 6. The van der Waals surface area contributed by atoms with Gasteiger partial charge in [-0.05, 0) is 44.9 Å². The van der Waals surface area contributed by atoms with Crippen molar-refractivity contribution in [2.45, 2.75) is 46.7 Å². The summed E-state index contributed by atoms with van der Waals surface area (Å²) in [6.45, 7) is 7.97. The van der Waals surface area contributed by atoms with Crippen molar-refractivity contribution in [1.29, 1.82) is 0 Å². The lowest BCUT2D eigenvalue weighted by Crippen LogP contribution is -2.31. The maximum Gasteiger partial charge on any atom is 0.249 e. The van der Waals surface area contributed by atoms with Gasteiger partial charge in [0.1, 0.15) is 18.3 Å². The van der Waals surface area contributed by atoms with Gasteiger partial charge >= 0.3 is 0 Å². The Morgan fingerprint density at radius 1 is 1.35 bits per heavy atom. The number of aryl methyl sites for hydroxylation is 1. The molecular formula is C18H22N6O2. The number of aromatic nitrogens is 5.